The lowest BCUT2D eigenvalue weighted by molar-refractivity contribution is -0.135. The van der Waals surface area contributed by atoms with E-state index in [1.165, 1.54) is 6.07 Å². The highest BCUT2D eigenvalue weighted by atomic mass is 19.4. The Labute approximate surface area is 116 Å². The van der Waals surface area contributed by atoms with Crippen molar-refractivity contribution >= 4 is 0 Å². The molecule has 1 saturated carbocycles. The van der Waals surface area contributed by atoms with Crippen LogP contribution in [-0.4, -0.2) is 18.8 Å². The van der Waals surface area contributed by atoms with Gasteiger partial charge in [0.05, 0.1) is 0 Å². The molecule has 0 aromatic heterocycles. The van der Waals surface area contributed by atoms with Crippen LogP contribution >= 0.6 is 0 Å². The van der Waals surface area contributed by atoms with E-state index in [4.69, 9.17) is 0 Å². The number of hydrogen-bond donors (Lipinski definition) is 1. The van der Waals surface area contributed by atoms with Gasteiger partial charge in [-0.2, -0.15) is 13.2 Å². The molecule has 5 heteroatoms. The lowest BCUT2D eigenvalue weighted by atomic mass is 9.75. The van der Waals surface area contributed by atoms with Crippen molar-refractivity contribution in [1.29, 1.82) is 0 Å². The summed E-state index contributed by atoms with van der Waals surface area (Å²) in [5, 5.41) is 3.23. The van der Waals surface area contributed by atoms with Gasteiger partial charge in [0, 0.05) is 12.5 Å². The molecule has 0 atom stereocenters. The summed E-state index contributed by atoms with van der Waals surface area (Å²) < 4.78 is 49.3. The van der Waals surface area contributed by atoms with E-state index in [2.05, 4.69) is 5.32 Å². The van der Waals surface area contributed by atoms with Crippen LogP contribution in [0.25, 0.3) is 0 Å². The summed E-state index contributed by atoms with van der Waals surface area (Å²) in [6.07, 6.45) is -2.34. The van der Waals surface area contributed by atoms with E-state index in [-0.39, 0.29) is 18.2 Å². The standard InChI is InChI=1S/C15H19F4N/c16-14-6-2-1-5-13(14)11-9-12(10-11)20-8-4-3-7-15(17,18)19/h1-2,5-6,11-12,20H,3-4,7-10H2. The number of rotatable bonds is 6. The molecule has 0 aliphatic heterocycles. The zero-order valence-corrected chi connectivity index (χ0v) is 11.2. The van der Waals surface area contributed by atoms with E-state index in [9.17, 15) is 17.6 Å². The first-order chi connectivity index (χ1) is 9.46. The largest absolute Gasteiger partial charge is 0.389 e. The van der Waals surface area contributed by atoms with Crippen molar-refractivity contribution in [2.45, 2.75) is 50.2 Å². The summed E-state index contributed by atoms with van der Waals surface area (Å²) in [4.78, 5) is 0. The molecule has 1 aromatic carbocycles. The fourth-order valence-corrected chi connectivity index (χ4v) is 2.60. The summed E-state index contributed by atoms with van der Waals surface area (Å²) in [5.74, 6) is 0.0741. The maximum absolute atomic E-state index is 13.5. The second kappa shape index (κ2) is 6.57. The molecular formula is C15H19F4N. The third-order valence-corrected chi connectivity index (χ3v) is 3.80. The first-order valence-corrected chi connectivity index (χ1v) is 7.00. The Morgan fingerprint density at radius 3 is 2.45 bits per heavy atom. The van der Waals surface area contributed by atoms with E-state index in [1.807, 2.05) is 6.07 Å². The molecule has 0 heterocycles. The molecule has 0 unspecified atom stereocenters. The fraction of sp³-hybridized carbons (Fsp3) is 0.600. The number of halogens is 4. The lowest BCUT2D eigenvalue weighted by Gasteiger charge is -2.36. The first kappa shape index (κ1) is 15.3. The summed E-state index contributed by atoms with van der Waals surface area (Å²) in [7, 11) is 0. The SMILES string of the molecule is Fc1ccccc1C1CC(NCCCCC(F)(F)F)C1. The van der Waals surface area contributed by atoms with Crippen molar-refractivity contribution in [3.05, 3.63) is 35.6 Å². The quantitative estimate of drug-likeness (QED) is 0.605. The van der Waals surface area contributed by atoms with Gasteiger partial charge in [-0.05, 0) is 49.8 Å². The van der Waals surface area contributed by atoms with Gasteiger partial charge in [0.2, 0.25) is 0 Å². The van der Waals surface area contributed by atoms with Crippen molar-refractivity contribution in [3.63, 3.8) is 0 Å². The minimum Gasteiger partial charge on any atom is -0.314 e. The highest BCUT2D eigenvalue weighted by molar-refractivity contribution is 5.24. The molecule has 0 bridgehead atoms. The highest BCUT2D eigenvalue weighted by Crippen LogP contribution is 2.37. The van der Waals surface area contributed by atoms with E-state index >= 15 is 0 Å². The number of unbranched alkanes of at least 4 members (excludes halogenated alkanes) is 1. The molecule has 20 heavy (non-hydrogen) atoms. The fourth-order valence-electron chi connectivity index (χ4n) is 2.60. The third kappa shape index (κ3) is 4.47. The smallest absolute Gasteiger partial charge is 0.314 e. The van der Waals surface area contributed by atoms with Crippen LogP contribution in [0.1, 0.15) is 43.6 Å². The average molecular weight is 289 g/mol. The molecule has 1 aliphatic rings. The van der Waals surface area contributed by atoms with Crippen molar-refractivity contribution in [3.8, 4) is 0 Å². The minimum atomic E-state index is -4.05. The lowest BCUT2D eigenvalue weighted by Crippen LogP contribution is -2.40. The summed E-state index contributed by atoms with van der Waals surface area (Å²) >= 11 is 0. The van der Waals surface area contributed by atoms with Gasteiger partial charge >= 0.3 is 6.18 Å². The summed E-state index contributed by atoms with van der Waals surface area (Å²) in [5.41, 5.74) is 0.752. The van der Waals surface area contributed by atoms with E-state index < -0.39 is 12.6 Å². The molecule has 1 N–H and O–H groups in total. The molecule has 1 nitrogen and oxygen atoms in total. The monoisotopic (exact) mass is 289 g/mol. The van der Waals surface area contributed by atoms with Gasteiger partial charge in [0.1, 0.15) is 5.82 Å². The maximum atomic E-state index is 13.5. The van der Waals surface area contributed by atoms with Crippen LogP contribution in [0.3, 0.4) is 0 Å². The Bertz CT molecular complexity index is 424. The summed E-state index contributed by atoms with van der Waals surface area (Å²) in [6.45, 7) is 0.602. The van der Waals surface area contributed by atoms with Crippen LogP contribution in [0, 0.1) is 5.82 Å². The molecule has 0 saturated heterocycles. The molecular weight excluding hydrogens is 270 g/mol. The highest BCUT2D eigenvalue weighted by Gasteiger charge is 2.31. The number of hydrogen-bond acceptors (Lipinski definition) is 1. The van der Waals surface area contributed by atoms with Crippen LogP contribution in [0.2, 0.25) is 0 Å². The molecule has 1 aliphatic carbocycles. The Morgan fingerprint density at radius 1 is 1.10 bits per heavy atom. The Morgan fingerprint density at radius 2 is 1.80 bits per heavy atom. The molecule has 2 rings (SSSR count). The second-order valence-corrected chi connectivity index (χ2v) is 5.41. The van der Waals surface area contributed by atoms with Crippen LogP contribution in [0.15, 0.2) is 24.3 Å². The van der Waals surface area contributed by atoms with Crippen molar-refractivity contribution in [1.82, 2.24) is 5.32 Å². The van der Waals surface area contributed by atoms with Gasteiger partial charge in [-0.25, -0.2) is 4.39 Å². The predicted octanol–water partition coefficient (Wildman–Crippen LogP) is 4.39. The second-order valence-electron chi connectivity index (χ2n) is 5.41. The Hall–Kier alpha value is -1.10. The van der Waals surface area contributed by atoms with Gasteiger partial charge in [0.15, 0.2) is 0 Å². The normalized spacial score (nSPS) is 22.6. The average Bonchev–Trinajstić information content (AvgIpc) is 2.31. The maximum Gasteiger partial charge on any atom is 0.389 e. The van der Waals surface area contributed by atoms with E-state index in [1.54, 1.807) is 12.1 Å². The number of nitrogens with one attached hydrogen (secondary N) is 1. The van der Waals surface area contributed by atoms with Crippen LogP contribution in [-0.2, 0) is 0 Å². The Balaban J connectivity index is 1.60. The predicted molar refractivity (Wildman–Crippen MR) is 70.1 cm³/mol. The molecule has 112 valence electrons. The van der Waals surface area contributed by atoms with Crippen molar-refractivity contribution in [2.24, 2.45) is 0 Å². The van der Waals surface area contributed by atoms with Gasteiger partial charge in [-0.3, -0.25) is 0 Å². The first-order valence-electron chi connectivity index (χ1n) is 7.00. The van der Waals surface area contributed by atoms with E-state index in [0.29, 0.717) is 19.0 Å². The zero-order valence-electron chi connectivity index (χ0n) is 11.2. The van der Waals surface area contributed by atoms with Gasteiger partial charge < -0.3 is 5.32 Å². The molecule has 0 spiro atoms. The molecule has 1 fully saturated rings. The molecule has 1 aromatic rings. The Kier molecular flexibility index (Phi) is 5.02. The van der Waals surface area contributed by atoms with Crippen LogP contribution in [0.5, 0.6) is 0 Å². The molecule has 0 radical (unpaired) electrons. The number of alkyl halides is 3. The molecule has 0 amide bonds. The topological polar surface area (TPSA) is 12.0 Å². The van der Waals surface area contributed by atoms with Crippen LogP contribution in [0.4, 0.5) is 17.6 Å². The van der Waals surface area contributed by atoms with Gasteiger partial charge in [-0.15, -0.1) is 0 Å². The van der Waals surface area contributed by atoms with Crippen molar-refractivity contribution < 1.29 is 17.6 Å². The zero-order chi connectivity index (χ0) is 14.6. The van der Waals surface area contributed by atoms with Crippen molar-refractivity contribution in [2.75, 3.05) is 6.54 Å². The number of benzene rings is 1. The minimum absolute atomic E-state index is 0.166. The van der Waals surface area contributed by atoms with E-state index in [0.717, 1.165) is 18.4 Å². The van der Waals surface area contributed by atoms with Gasteiger partial charge in [-0.1, -0.05) is 18.2 Å². The summed E-state index contributed by atoms with van der Waals surface area (Å²) in [6, 6.07) is 7.09. The third-order valence-electron chi connectivity index (χ3n) is 3.80. The van der Waals surface area contributed by atoms with Crippen LogP contribution < -0.4 is 5.32 Å². The van der Waals surface area contributed by atoms with Gasteiger partial charge in [0.25, 0.3) is 0 Å².